The van der Waals surface area contributed by atoms with Gasteiger partial charge in [0.25, 0.3) is 16.7 Å². The zero-order valence-corrected chi connectivity index (χ0v) is 36.2. The Bertz CT molecular complexity index is 3330. The summed E-state index contributed by atoms with van der Waals surface area (Å²) in [4.78, 5) is 62.3. The average molecular weight is 859 g/mol. The highest BCUT2D eigenvalue weighted by molar-refractivity contribution is 5.88. The van der Waals surface area contributed by atoms with Gasteiger partial charge in [-0.25, -0.2) is 19.7 Å². The van der Waals surface area contributed by atoms with Gasteiger partial charge in [-0.15, -0.1) is 0 Å². The maximum Gasteiger partial charge on any atom is 0.335 e. The number of hydrogen-bond acceptors (Lipinski definition) is 10. The van der Waals surface area contributed by atoms with Crippen molar-refractivity contribution < 1.29 is 19.4 Å². The number of aromatic nitrogens is 8. The molecule has 0 unspecified atom stereocenters. The minimum absolute atomic E-state index is 0.0748. The first kappa shape index (κ1) is 43.9. The molecule has 0 saturated carbocycles. The van der Waals surface area contributed by atoms with Crippen molar-refractivity contribution in [2.45, 2.75) is 40.4 Å². The highest BCUT2D eigenvalue weighted by Crippen LogP contribution is 2.31. The minimum Gasteiger partial charge on any atom is -0.493 e. The van der Waals surface area contributed by atoms with E-state index in [2.05, 4.69) is 20.1 Å². The quantitative estimate of drug-likeness (QED) is 0.150. The highest BCUT2D eigenvalue weighted by Gasteiger charge is 2.16. The third kappa shape index (κ3) is 8.77. The molecule has 0 aliphatic heterocycles. The van der Waals surface area contributed by atoms with Crippen LogP contribution in [0.25, 0.3) is 66.9 Å². The van der Waals surface area contributed by atoms with Crippen LogP contribution in [0.15, 0.2) is 142 Å². The number of benzene rings is 5. The van der Waals surface area contributed by atoms with Crippen LogP contribution in [0.5, 0.6) is 11.5 Å². The summed E-state index contributed by atoms with van der Waals surface area (Å²) in [7, 11) is 4.97. The van der Waals surface area contributed by atoms with Gasteiger partial charge in [-0.1, -0.05) is 48.5 Å². The van der Waals surface area contributed by atoms with Gasteiger partial charge in [0.15, 0.2) is 11.5 Å². The summed E-state index contributed by atoms with van der Waals surface area (Å²) >= 11 is 0. The van der Waals surface area contributed by atoms with Crippen molar-refractivity contribution in [1.82, 2.24) is 38.4 Å². The van der Waals surface area contributed by atoms with Crippen LogP contribution in [-0.4, -0.2) is 63.7 Å². The molecule has 324 valence electrons. The molecule has 0 amide bonds. The second-order valence-corrected chi connectivity index (χ2v) is 14.4. The van der Waals surface area contributed by atoms with Crippen LogP contribution < -0.4 is 26.2 Å². The molecule has 5 aromatic carbocycles. The van der Waals surface area contributed by atoms with E-state index in [1.54, 1.807) is 69.3 Å². The minimum atomic E-state index is -0.996. The Labute approximate surface area is 367 Å². The standard InChI is InChI=1S/C18H18N2O3.C17H14N2O3.C14H14N4O/c1-4-20-14-8-6-5-7-13(14)19-17(18(20)21)12-9-10-15(22-2)16(11-12)23-3;1-2-19-14-6-4-3-5-13(14)18-15(16(19)20)11-7-9-12(10-8-11)17(21)22;1-3-18-12-7-5-4-6-11(12)16-13(14(18)19)10-8-15-17(2)9-10/h5-11H,4H2,1-3H3;3-10H,2H2,1H3,(H,21,22);4-9H,3H2,1-2H3. The topological polar surface area (TPSA) is 178 Å². The molecular weight excluding hydrogens is 813 g/mol. The first-order chi connectivity index (χ1) is 31.0. The molecule has 9 rings (SSSR count). The summed E-state index contributed by atoms with van der Waals surface area (Å²) < 4.78 is 17.4. The molecule has 0 bridgehead atoms. The predicted octanol–water partition coefficient (Wildman–Crippen LogP) is 7.70. The summed E-state index contributed by atoms with van der Waals surface area (Å²) in [6, 6.07) is 34.3. The van der Waals surface area contributed by atoms with Crippen molar-refractivity contribution in [3.05, 3.63) is 164 Å². The fraction of sp³-hybridized carbons (Fsp3) is 0.184. The second kappa shape index (κ2) is 19.2. The van der Waals surface area contributed by atoms with E-state index in [0.29, 0.717) is 59.3 Å². The van der Waals surface area contributed by atoms with Crippen LogP contribution in [0, 0.1) is 0 Å². The number of carboxylic acids is 1. The number of fused-ring (bicyclic) bond motifs is 3. The van der Waals surface area contributed by atoms with E-state index in [-0.39, 0.29) is 22.2 Å². The fourth-order valence-electron chi connectivity index (χ4n) is 7.38. The number of methoxy groups -OCH3 is 2. The molecule has 15 nitrogen and oxygen atoms in total. The van der Waals surface area contributed by atoms with E-state index in [1.165, 1.54) is 12.1 Å². The van der Waals surface area contributed by atoms with Crippen molar-refractivity contribution in [3.8, 4) is 45.3 Å². The zero-order valence-electron chi connectivity index (χ0n) is 36.2. The maximum atomic E-state index is 12.8. The summed E-state index contributed by atoms with van der Waals surface area (Å²) in [5.74, 6) is 0.194. The number of aryl methyl sites for hydroxylation is 4. The molecule has 0 saturated heterocycles. The molecule has 0 aliphatic carbocycles. The molecule has 0 fully saturated rings. The van der Waals surface area contributed by atoms with E-state index in [0.717, 1.165) is 38.7 Å². The van der Waals surface area contributed by atoms with Crippen LogP contribution in [0.3, 0.4) is 0 Å². The zero-order chi connectivity index (χ0) is 45.5. The van der Waals surface area contributed by atoms with E-state index in [4.69, 9.17) is 14.6 Å². The lowest BCUT2D eigenvalue weighted by molar-refractivity contribution is 0.0697. The summed E-state index contributed by atoms with van der Waals surface area (Å²) in [5, 5.41) is 13.0. The molecule has 0 atom stereocenters. The summed E-state index contributed by atoms with van der Waals surface area (Å²) in [6.45, 7) is 7.57. The van der Waals surface area contributed by atoms with Crippen LogP contribution in [0.2, 0.25) is 0 Å². The van der Waals surface area contributed by atoms with Gasteiger partial charge < -0.3 is 28.3 Å². The Hall–Kier alpha value is -8.20. The van der Waals surface area contributed by atoms with Gasteiger partial charge in [0.1, 0.15) is 17.1 Å². The normalized spacial score (nSPS) is 10.8. The van der Waals surface area contributed by atoms with Crippen LogP contribution in [-0.2, 0) is 26.7 Å². The Morgan fingerprint density at radius 1 is 0.547 bits per heavy atom. The number of para-hydroxylation sites is 6. The van der Waals surface area contributed by atoms with Crippen molar-refractivity contribution in [3.63, 3.8) is 0 Å². The lowest BCUT2D eigenvalue weighted by atomic mass is 10.1. The van der Waals surface area contributed by atoms with Crippen LogP contribution >= 0.6 is 0 Å². The van der Waals surface area contributed by atoms with Crippen molar-refractivity contribution >= 4 is 39.1 Å². The summed E-state index contributed by atoms with van der Waals surface area (Å²) in [5.41, 5.74) is 7.93. The molecular formula is C49H46N8O7. The highest BCUT2D eigenvalue weighted by atomic mass is 16.5. The number of rotatable bonds is 9. The third-order valence-electron chi connectivity index (χ3n) is 10.5. The molecule has 64 heavy (non-hydrogen) atoms. The van der Waals surface area contributed by atoms with E-state index in [1.807, 2.05) is 107 Å². The Morgan fingerprint density at radius 3 is 1.34 bits per heavy atom. The van der Waals surface area contributed by atoms with Gasteiger partial charge in [0.05, 0.1) is 59.1 Å². The molecule has 4 aromatic heterocycles. The summed E-state index contributed by atoms with van der Waals surface area (Å²) in [6.07, 6.45) is 3.47. The van der Waals surface area contributed by atoms with Gasteiger partial charge in [0, 0.05) is 49.6 Å². The van der Waals surface area contributed by atoms with Gasteiger partial charge >= 0.3 is 5.97 Å². The van der Waals surface area contributed by atoms with Crippen molar-refractivity contribution in [2.75, 3.05) is 14.2 Å². The SMILES string of the molecule is CCn1c(=O)c(-c2ccc(C(=O)O)cc2)nc2ccccc21.CCn1c(=O)c(-c2ccc(OC)c(OC)c2)nc2ccccc21.CCn1c(=O)c(-c2cnn(C)c2)nc2ccccc21. The maximum absolute atomic E-state index is 12.8. The Balaban J connectivity index is 0.000000144. The number of aromatic carboxylic acids is 1. The Morgan fingerprint density at radius 2 is 0.953 bits per heavy atom. The third-order valence-corrected chi connectivity index (χ3v) is 10.5. The Kier molecular flexibility index (Phi) is 13.2. The number of hydrogen-bond donors (Lipinski definition) is 1. The van der Waals surface area contributed by atoms with Gasteiger partial charge in [-0.3, -0.25) is 19.1 Å². The number of nitrogens with zero attached hydrogens (tertiary/aromatic N) is 8. The van der Waals surface area contributed by atoms with Gasteiger partial charge in [-0.05, 0) is 87.5 Å². The lowest BCUT2D eigenvalue weighted by Crippen LogP contribution is -2.22. The second-order valence-electron chi connectivity index (χ2n) is 14.4. The average Bonchev–Trinajstić information content (AvgIpc) is 3.76. The lowest BCUT2D eigenvalue weighted by Gasteiger charge is -2.12. The van der Waals surface area contributed by atoms with Gasteiger partial charge in [0.2, 0.25) is 0 Å². The molecule has 0 radical (unpaired) electrons. The monoisotopic (exact) mass is 858 g/mol. The smallest absolute Gasteiger partial charge is 0.335 e. The predicted molar refractivity (Wildman–Crippen MR) is 248 cm³/mol. The van der Waals surface area contributed by atoms with Crippen LogP contribution in [0.1, 0.15) is 31.1 Å². The van der Waals surface area contributed by atoms with E-state index in [9.17, 15) is 19.2 Å². The molecule has 1 N–H and O–H groups in total. The molecule has 9 aromatic rings. The largest absolute Gasteiger partial charge is 0.493 e. The molecule has 15 heteroatoms. The number of carbonyl (C=O) groups is 1. The molecule has 4 heterocycles. The van der Waals surface area contributed by atoms with E-state index >= 15 is 0 Å². The van der Waals surface area contributed by atoms with Crippen molar-refractivity contribution in [2.24, 2.45) is 7.05 Å². The molecule has 0 spiro atoms. The fourth-order valence-corrected chi connectivity index (χ4v) is 7.38. The van der Waals surface area contributed by atoms with Crippen LogP contribution in [0.4, 0.5) is 0 Å². The number of carboxylic acid groups (broad SMARTS) is 1. The van der Waals surface area contributed by atoms with Crippen molar-refractivity contribution in [1.29, 1.82) is 0 Å². The van der Waals surface area contributed by atoms with Gasteiger partial charge in [-0.2, -0.15) is 5.10 Å². The number of ether oxygens (including phenoxy) is 2. The van der Waals surface area contributed by atoms with E-state index < -0.39 is 5.97 Å². The first-order valence-electron chi connectivity index (χ1n) is 20.6. The first-order valence-corrected chi connectivity index (χ1v) is 20.6. The molecule has 0 aliphatic rings.